The van der Waals surface area contributed by atoms with Crippen molar-refractivity contribution in [3.05, 3.63) is 0 Å². The lowest BCUT2D eigenvalue weighted by atomic mass is 10.2. The molecule has 8 nitrogen and oxygen atoms in total. The molecule has 2 unspecified atom stereocenters. The maximum atomic E-state index is 11.7. The maximum Gasteiger partial charge on any atom is 0.330 e. The molecule has 0 radical (unpaired) electrons. The summed E-state index contributed by atoms with van der Waals surface area (Å²) in [4.78, 5) is 35.5. The number of methoxy groups -OCH3 is 2. The SMILES string of the molecule is COC(=O)C(CCSSCCC(N=CN(C)C)C(=O)OC)N=CN(C)C. The normalized spacial score (nSPS) is 13.6. The summed E-state index contributed by atoms with van der Waals surface area (Å²) in [5, 5.41) is 0. The highest BCUT2D eigenvalue weighted by Crippen LogP contribution is 2.25. The van der Waals surface area contributed by atoms with Crippen LogP contribution in [0.1, 0.15) is 12.8 Å². The van der Waals surface area contributed by atoms with Gasteiger partial charge in [-0.1, -0.05) is 21.6 Å². The lowest BCUT2D eigenvalue weighted by Crippen LogP contribution is -2.23. The van der Waals surface area contributed by atoms with Gasteiger partial charge in [0, 0.05) is 39.7 Å². The van der Waals surface area contributed by atoms with Gasteiger partial charge in [0.25, 0.3) is 0 Å². The zero-order chi connectivity index (χ0) is 19.9. The van der Waals surface area contributed by atoms with Crippen molar-refractivity contribution in [3.63, 3.8) is 0 Å². The Morgan fingerprint density at radius 1 is 0.846 bits per heavy atom. The Bertz CT molecular complexity index is 431. The number of hydrogen-bond donors (Lipinski definition) is 0. The van der Waals surface area contributed by atoms with Crippen molar-refractivity contribution in [1.29, 1.82) is 0 Å². The number of hydrogen-bond acceptors (Lipinski definition) is 8. The van der Waals surface area contributed by atoms with Crippen LogP contribution < -0.4 is 0 Å². The van der Waals surface area contributed by atoms with Gasteiger partial charge < -0.3 is 19.3 Å². The van der Waals surface area contributed by atoms with Crippen molar-refractivity contribution in [1.82, 2.24) is 9.80 Å². The molecule has 0 aliphatic rings. The largest absolute Gasteiger partial charge is 0.467 e. The van der Waals surface area contributed by atoms with Crippen LogP contribution in [0.25, 0.3) is 0 Å². The molecule has 26 heavy (non-hydrogen) atoms. The van der Waals surface area contributed by atoms with E-state index in [0.717, 1.165) is 11.5 Å². The van der Waals surface area contributed by atoms with E-state index in [1.54, 1.807) is 44.1 Å². The number of rotatable bonds is 13. The third-order valence-corrected chi connectivity index (χ3v) is 5.41. The second kappa shape index (κ2) is 14.7. The fourth-order valence-corrected chi connectivity index (χ4v) is 3.80. The molecule has 0 saturated carbocycles. The van der Waals surface area contributed by atoms with E-state index in [0.29, 0.717) is 12.8 Å². The smallest absolute Gasteiger partial charge is 0.330 e. The van der Waals surface area contributed by atoms with Crippen LogP contribution in [0.15, 0.2) is 9.98 Å². The maximum absolute atomic E-state index is 11.7. The summed E-state index contributed by atoms with van der Waals surface area (Å²) in [6.07, 6.45) is 4.41. The summed E-state index contributed by atoms with van der Waals surface area (Å²) in [7, 11) is 13.4. The minimum absolute atomic E-state index is 0.336. The van der Waals surface area contributed by atoms with Gasteiger partial charge in [-0.3, -0.25) is 9.98 Å². The quantitative estimate of drug-likeness (QED) is 0.149. The van der Waals surface area contributed by atoms with Crippen LogP contribution in [0.2, 0.25) is 0 Å². The minimum atomic E-state index is -0.497. The van der Waals surface area contributed by atoms with E-state index in [9.17, 15) is 9.59 Å². The monoisotopic (exact) mass is 406 g/mol. The summed E-state index contributed by atoms with van der Waals surface area (Å²) >= 11 is 0. The average molecular weight is 407 g/mol. The van der Waals surface area contributed by atoms with Gasteiger partial charge in [-0.2, -0.15) is 0 Å². The number of ether oxygens (including phenoxy) is 2. The number of carbonyl (C=O) groups excluding carboxylic acids is 2. The molecule has 0 N–H and O–H groups in total. The summed E-state index contributed by atoms with van der Waals surface area (Å²) in [6, 6.07) is -0.994. The number of esters is 2. The molecule has 0 heterocycles. The Hall–Kier alpha value is -1.42. The van der Waals surface area contributed by atoms with Crippen molar-refractivity contribution >= 4 is 46.2 Å². The molecule has 0 aromatic carbocycles. The third kappa shape index (κ3) is 12.0. The van der Waals surface area contributed by atoms with Crippen LogP contribution in [0.5, 0.6) is 0 Å². The van der Waals surface area contributed by atoms with Gasteiger partial charge in [-0.25, -0.2) is 9.59 Å². The Morgan fingerprint density at radius 3 is 1.46 bits per heavy atom. The molecule has 0 aromatic rings. The van der Waals surface area contributed by atoms with E-state index in [4.69, 9.17) is 9.47 Å². The molecule has 10 heteroatoms. The van der Waals surface area contributed by atoms with Crippen LogP contribution in [0.4, 0.5) is 0 Å². The predicted molar refractivity (Wildman–Crippen MR) is 110 cm³/mol. The first-order valence-electron chi connectivity index (χ1n) is 8.11. The van der Waals surface area contributed by atoms with Crippen LogP contribution in [-0.4, -0.2) is 100 Å². The van der Waals surface area contributed by atoms with E-state index in [1.165, 1.54) is 14.2 Å². The van der Waals surface area contributed by atoms with Crippen LogP contribution in [0, 0.1) is 0 Å². The minimum Gasteiger partial charge on any atom is -0.467 e. The zero-order valence-corrected chi connectivity index (χ0v) is 18.0. The Balaban J connectivity index is 4.25. The molecule has 0 amide bonds. The molecule has 2 atom stereocenters. The number of carbonyl (C=O) groups is 2. The fourth-order valence-electron chi connectivity index (χ4n) is 1.64. The zero-order valence-electron chi connectivity index (χ0n) is 16.4. The molecule has 0 rings (SSSR count). The third-order valence-electron chi connectivity index (χ3n) is 2.93. The molecule has 0 aliphatic carbocycles. The topological polar surface area (TPSA) is 83.8 Å². The molecular weight excluding hydrogens is 376 g/mol. The molecule has 150 valence electrons. The van der Waals surface area contributed by atoms with Gasteiger partial charge >= 0.3 is 11.9 Å². The van der Waals surface area contributed by atoms with Crippen LogP contribution >= 0.6 is 21.6 Å². The van der Waals surface area contributed by atoms with Crippen LogP contribution in [-0.2, 0) is 19.1 Å². The molecular formula is C16H30N4O4S2. The summed E-state index contributed by atoms with van der Waals surface area (Å²) in [5.74, 6) is 0.827. The number of aliphatic imine (C=N–C) groups is 2. The van der Waals surface area contributed by atoms with Gasteiger partial charge in [-0.05, 0) is 12.8 Å². The molecule has 0 spiro atoms. The van der Waals surface area contributed by atoms with E-state index in [1.807, 2.05) is 28.2 Å². The van der Waals surface area contributed by atoms with E-state index in [-0.39, 0.29) is 11.9 Å². The average Bonchev–Trinajstić information content (AvgIpc) is 2.60. The fraction of sp³-hybridized carbons (Fsp3) is 0.750. The molecule has 0 bridgehead atoms. The van der Waals surface area contributed by atoms with Gasteiger partial charge in [0.15, 0.2) is 0 Å². The standard InChI is InChI=1S/C16H30N4O4S2/c1-19(2)11-17-13(15(21)23-5)7-9-25-26-10-8-14(16(22)24-6)18-12-20(3)4/h11-14H,7-10H2,1-6H3. The predicted octanol–water partition coefficient (Wildman–Crippen LogP) is 1.41. The van der Waals surface area contributed by atoms with Crippen molar-refractivity contribution in [2.75, 3.05) is 53.9 Å². The Labute approximate surface area is 164 Å². The van der Waals surface area contributed by atoms with E-state index < -0.39 is 12.1 Å². The van der Waals surface area contributed by atoms with E-state index in [2.05, 4.69) is 9.98 Å². The first kappa shape index (κ1) is 24.6. The highest BCUT2D eigenvalue weighted by molar-refractivity contribution is 8.76. The van der Waals surface area contributed by atoms with Crippen molar-refractivity contribution in [3.8, 4) is 0 Å². The first-order valence-corrected chi connectivity index (χ1v) is 10.6. The Morgan fingerprint density at radius 2 is 1.19 bits per heavy atom. The molecule has 0 aliphatic heterocycles. The highest BCUT2D eigenvalue weighted by Gasteiger charge is 2.19. The summed E-state index contributed by atoms with van der Waals surface area (Å²) in [5.41, 5.74) is 0. The lowest BCUT2D eigenvalue weighted by Gasteiger charge is -2.12. The van der Waals surface area contributed by atoms with Gasteiger partial charge in [0.05, 0.1) is 26.9 Å². The molecule has 0 fully saturated rings. The second-order valence-electron chi connectivity index (χ2n) is 5.76. The molecule has 0 aromatic heterocycles. The van der Waals surface area contributed by atoms with Gasteiger partial charge in [0.1, 0.15) is 12.1 Å². The lowest BCUT2D eigenvalue weighted by molar-refractivity contribution is -0.142. The summed E-state index contributed by atoms with van der Waals surface area (Å²) in [6.45, 7) is 0. The molecule has 0 saturated heterocycles. The van der Waals surface area contributed by atoms with Gasteiger partial charge in [-0.15, -0.1) is 0 Å². The van der Waals surface area contributed by atoms with Crippen molar-refractivity contribution in [2.24, 2.45) is 9.98 Å². The van der Waals surface area contributed by atoms with E-state index >= 15 is 0 Å². The summed E-state index contributed by atoms with van der Waals surface area (Å²) < 4.78 is 9.56. The first-order chi connectivity index (χ1) is 12.3. The number of nitrogens with zero attached hydrogens (tertiary/aromatic N) is 4. The van der Waals surface area contributed by atoms with Crippen molar-refractivity contribution < 1.29 is 19.1 Å². The second-order valence-corrected chi connectivity index (χ2v) is 8.46. The van der Waals surface area contributed by atoms with Gasteiger partial charge in [0.2, 0.25) is 0 Å². The highest BCUT2D eigenvalue weighted by atomic mass is 33.1. The Kier molecular flexibility index (Phi) is 13.9. The van der Waals surface area contributed by atoms with Crippen molar-refractivity contribution in [2.45, 2.75) is 24.9 Å². The van der Waals surface area contributed by atoms with Crippen LogP contribution in [0.3, 0.4) is 0 Å².